The lowest BCUT2D eigenvalue weighted by Crippen LogP contribution is -2.22. The third kappa shape index (κ3) is 6.01. The molecule has 1 unspecified atom stereocenters. The summed E-state index contributed by atoms with van der Waals surface area (Å²) >= 11 is 3.35. The molecule has 19 heavy (non-hydrogen) atoms. The summed E-state index contributed by atoms with van der Waals surface area (Å²) in [6.45, 7) is 2.76. The number of benzene rings is 1. The van der Waals surface area contributed by atoms with Gasteiger partial charge in [0.15, 0.2) is 0 Å². The zero-order valence-electron chi connectivity index (χ0n) is 11.1. The van der Waals surface area contributed by atoms with Gasteiger partial charge in [0.1, 0.15) is 15.7 Å². The van der Waals surface area contributed by atoms with E-state index in [0.29, 0.717) is 17.3 Å². The van der Waals surface area contributed by atoms with Gasteiger partial charge in [-0.1, -0.05) is 28.9 Å². The second-order valence-corrected chi connectivity index (χ2v) is 7.66. The lowest BCUT2D eigenvalue weighted by Gasteiger charge is -2.19. The summed E-state index contributed by atoms with van der Waals surface area (Å²) in [7, 11) is -2.93. The minimum absolute atomic E-state index is 0.0294. The molecule has 0 radical (unpaired) electrons. The minimum atomic E-state index is -2.93. The quantitative estimate of drug-likeness (QED) is 0.820. The van der Waals surface area contributed by atoms with Crippen molar-refractivity contribution in [2.24, 2.45) is 0 Å². The van der Waals surface area contributed by atoms with E-state index in [1.807, 2.05) is 6.92 Å². The van der Waals surface area contributed by atoms with E-state index >= 15 is 0 Å². The van der Waals surface area contributed by atoms with E-state index in [0.717, 1.165) is 12.1 Å². The zero-order valence-corrected chi connectivity index (χ0v) is 13.5. The van der Waals surface area contributed by atoms with Crippen molar-refractivity contribution in [3.05, 3.63) is 34.1 Å². The van der Waals surface area contributed by atoms with Crippen LogP contribution in [0.3, 0.4) is 0 Å². The number of hydrogen-bond donors (Lipinski definition) is 1. The Kier molecular flexibility index (Phi) is 6.42. The smallest absolute Gasteiger partial charge is 0.147 e. The van der Waals surface area contributed by atoms with Gasteiger partial charge in [0.25, 0.3) is 0 Å². The largest absolute Gasteiger partial charge is 0.310 e. The van der Waals surface area contributed by atoms with Gasteiger partial charge in [0.05, 0.1) is 0 Å². The molecule has 0 saturated heterocycles. The average molecular weight is 352 g/mol. The summed E-state index contributed by atoms with van der Waals surface area (Å²) < 4.78 is 36.1. The molecule has 0 aliphatic carbocycles. The molecular weight excluding hydrogens is 333 g/mol. The van der Waals surface area contributed by atoms with E-state index in [2.05, 4.69) is 21.2 Å². The van der Waals surface area contributed by atoms with Crippen LogP contribution in [0.5, 0.6) is 0 Å². The van der Waals surface area contributed by atoms with Crippen LogP contribution >= 0.6 is 15.9 Å². The number of halogens is 2. The van der Waals surface area contributed by atoms with Crippen LogP contribution in [0.15, 0.2) is 22.7 Å². The van der Waals surface area contributed by atoms with E-state index < -0.39 is 9.84 Å². The van der Waals surface area contributed by atoms with Crippen molar-refractivity contribution in [1.82, 2.24) is 5.32 Å². The first kappa shape index (κ1) is 16.6. The Morgan fingerprint density at radius 3 is 2.63 bits per heavy atom. The van der Waals surface area contributed by atoms with E-state index in [-0.39, 0.29) is 17.6 Å². The standard InChI is InChI=1S/C13H19BrFNO2S/c1-3-16-13(5-4-8-19(2,17)18)11-7-6-10(15)9-12(11)14/h6-7,9,13,16H,3-5,8H2,1-2H3. The predicted molar refractivity (Wildman–Crippen MR) is 79.5 cm³/mol. The summed E-state index contributed by atoms with van der Waals surface area (Å²) in [5.41, 5.74) is 0.955. The maximum Gasteiger partial charge on any atom is 0.147 e. The van der Waals surface area contributed by atoms with E-state index in [4.69, 9.17) is 0 Å². The number of rotatable bonds is 7. The highest BCUT2D eigenvalue weighted by Crippen LogP contribution is 2.27. The van der Waals surface area contributed by atoms with Gasteiger partial charge >= 0.3 is 0 Å². The number of hydrogen-bond acceptors (Lipinski definition) is 3. The van der Waals surface area contributed by atoms with Crippen molar-refractivity contribution in [1.29, 1.82) is 0 Å². The van der Waals surface area contributed by atoms with Gasteiger partial charge in [-0.15, -0.1) is 0 Å². The average Bonchev–Trinajstić information content (AvgIpc) is 2.26. The lowest BCUT2D eigenvalue weighted by molar-refractivity contribution is 0.504. The van der Waals surface area contributed by atoms with Gasteiger partial charge in [-0.05, 0) is 37.1 Å². The first-order valence-electron chi connectivity index (χ1n) is 6.19. The summed E-state index contributed by atoms with van der Waals surface area (Å²) in [4.78, 5) is 0. The summed E-state index contributed by atoms with van der Waals surface area (Å²) in [6.07, 6.45) is 2.52. The first-order valence-corrected chi connectivity index (χ1v) is 9.05. The molecule has 1 N–H and O–H groups in total. The fraction of sp³-hybridized carbons (Fsp3) is 0.538. The molecule has 0 aliphatic rings. The molecule has 0 fully saturated rings. The van der Waals surface area contributed by atoms with Crippen LogP contribution in [0.4, 0.5) is 4.39 Å². The van der Waals surface area contributed by atoms with E-state index in [9.17, 15) is 12.8 Å². The second-order valence-electron chi connectivity index (χ2n) is 4.55. The van der Waals surface area contributed by atoms with Crippen LogP contribution in [0.2, 0.25) is 0 Å². The van der Waals surface area contributed by atoms with E-state index in [1.54, 1.807) is 6.07 Å². The van der Waals surface area contributed by atoms with Crippen LogP contribution in [-0.2, 0) is 9.84 Å². The van der Waals surface area contributed by atoms with Crippen molar-refractivity contribution in [3.8, 4) is 0 Å². The molecule has 1 aromatic rings. The molecule has 0 amide bonds. The summed E-state index contributed by atoms with van der Waals surface area (Å²) in [6, 6.07) is 4.60. The Bertz CT molecular complexity index is 519. The summed E-state index contributed by atoms with van der Waals surface area (Å²) in [5, 5.41) is 3.30. The van der Waals surface area contributed by atoms with Crippen LogP contribution in [-0.4, -0.2) is 27.0 Å². The van der Waals surface area contributed by atoms with Gasteiger partial charge in [-0.25, -0.2) is 12.8 Å². The molecule has 1 aromatic carbocycles. The molecular formula is C13H19BrFNO2S. The maximum absolute atomic E-state index is 13.1. The van der Waals surface area contributed by atoms with Crippen molar-refractivity contribution < 1.29 is 12.8 Å². The minimum Gasteiger partial charge on any atom is -0.310 e. The van der Waals surface area contributed by atoms with Gasteiger partial charge < -0.3 is 5.32 Å². The fourth-order valence-electron chi connectivity index (χ4n) is 1.95. The SMILES string of the molecule is CCNC(CCCS(C)(=O)=O)c1ccc(F)cc1Br. The Labute approximate surface area is 122 Å². The third-order valence-electron chi connectivity index (χ3n) is 2.80. The highest BCUT2D eigenvalue weighted by atomic mass is 79.9. The Morgan fingerprint density at radius 1 is 1.42 bits per heavy atom. The molecule has 0 bridgehead atoms. The topological polar surface area (TPSA) is 46.2 Å². The van der Waals surface area contributed by atoms with Crippen molar-refractivity contribution in [2.45, 2.75) is 25.8 Å². The highest BCUT2D eigenvalue weighted by molar-refractivity contribution is 9.10. The van der Waals surface area contributed by atoms with Crippen molar-refractivity contribution in [2.75, 3.05) is 18.6 Å². The molecule has 3 nitrogen and oxygen atoms in total. The van der Waals surface area contributed by atoms with Crippen LogP contribution in [0.1, 0.15) is 31.4 Å². The van der Waals surface area contributed by atoms with E-state index in [1.165, 1.54) is 18.4 Å². The molecule has 108 valence electrons. The fourth-order valence-corrected chi connectivity index (χ4v) is 3.27. The number of nitrogens with one attached hydrogen (secondary N) is 1. The molecule has 6 heteroatoms. The number of sulfone groups is 1. The van der Waals surface area contributed by atoms with Crippen LogP contribution in [0, 0.1) is 5.82 Å². The Hall–Kier alpha value is -0.460. The lowest BCUT2D eigenvalue weighted by atomic mass is 10.0. The molecule has 1 rings (SSSR count). The molecule has 1 atom stereocenters. The van der Waals surface area contributed by atoms with Gasteiger partial charge in [0.2, 0.25) is 0 Å². The van der Waals surface area contributed by atoms with Crippen molar-refractivity contribution >= 4 is 25.8 Å². The summed E-state index contributed by atoms with van der Waals surface area (Å²) in [5.74, 6) is -0.115. The Balaban J connectivity index is 2.76. The first-order chi connectivity index (χ1) is 8.83. The predicted octanol–water partition coefficient (Wildman–Crippen LogP) is 3.06. The zero-order chi connectivity index (χ0) is 14.5. The second kappa shape index (κ2) is 7.36. The molecule has 0 heterocycles. The Morgan fingerprint density at radius 2 is 2.11 bits per heavy atom. The monoisotopic (exact) mass is 351 g/mol. The highest BCUT2D eigenvalue weighted by Gasteiger charge is 2.15. The van der Waals surface area contributed by atoms with Crippen LogP contribution < -0.4 is 5.32 Å². The maximum atomic E-state index is 13.1. The van der Waals surface area contributed by atoms with Crippen LogP contribution in [0.25, 0.3) is 0 Å². The van der Waals surface area contributed by atoms with Gasteiger partial charge in [-0.3, -0.25) is 0 Å². The molecule has 0 saturated carbocycles. The van der Waals surface area contributed by atoms with Gasteiger partial charge in [-0.2, -0.15) is 0 Å². The van der Waals surface area contributed by atoms with Gasteiger partial charge in [0, 0.05) is 22.5 Å². The van der Waals surface area contributed by atoms with Crippen molar-refractivity contribution in [3.63, 3.8) is 0 Å². The molecule has 0 spiro atoms. The third-order valence-corrected chi connectivity index (χ3v) is 4.51. The molecule has 0 aliphatic heterocycles. The molecule has 0 aromatic heterocycles. The normalized spacial score (nSPS) is 13.5.